The lowest BCUT2D eigenvalue weighted by molar-refractivity contribution is -0.362. The predicted molar refractivity (Wildman–Crippen MR) is 177 cm³/mol. The highest BCUT2D eigenvalue weighted by Crippen LogP contribution is 2.49. The van der Waals surface area contributed by atoms with Gasteiger partial charge in [0, 0.05) is 55.4 Å². The van der Waals surface area contributed by atoms with Crippen LogP contribution < -0.4 is 25.7 Å². The second kappa shape index (κ2) is 14.7. The molecule has 1 saturated heterocycles. The largest absolute Gasteiger partial charge is 0.482 e. The molecule has 4 aliphatic heterocycles. The summed E-state index contributed by atoms with van der Waals surface area (Å²) in [5.41, 5.74) is 2.21. The second-order valence-corrected chi connectivity index (χ2v) is 13.2. The summed E-state index contributed by atoms with van der Waals surface area (Å²) in [5.74, 6) is 1.04. The number of aryl methyl sites for hydroxylation is 1. The number of carbonyl (C=O) groups excluding carboxylic acids is 1. The van der Waals surface area contributed by atoms with Gasteiger partial charge in [-0.1, -0.05) is 0 Å². The maximum Gasteiger partial charge on any atom is 0.220 e. The number of fused-ring (bicyclic) bond motifs is 3. The molecular weight excluding hydrogens is 640 g/mol. The minimum atomic E-state index is -1.83. The minimum Gasteiger partial charge on any atom is -0.482 e. The van der Waals surface area contributed by atoms with Crippen molar-refractivity contribution < 1.29 is 49.3 Å². The number of anilines is 1. The van der Waals surface area contributed by atoms with E-state index in [4.69, 9.17) is 24.0 Å². The summed E-state index contributed by atoms with van der Waals surface area (Å²) in [6.45, 7) is 1.89. The Morgan fingerprint density at radius 2 is 1.94 bits per heavy atom. The lowest BCUT2D eigenvalue weighted by atomic mass is 9.79. The molecule has 5 heterocycles. The third-order valence-electron chi connectivity index (χ3n) is 9.75. The number of aliphatic hydroxyl groups excluding tert-OH is 5. The van der Waals surface area contributed by atoms with Crippen molar-refractivity contribution >= 4 is 28.8 Å². The molecule has 2 aromatic rings. The van der Waals surface area contributed by atoms with Crippen LogP contribution in [0.5, 0.6) is 5.75 Å². The predicted octanol–water partition coefficient (Wildman–Crippen LogP) is -0.274. The molecule has 1 amide bonds. The molecule has 7 atom stereocenters. The van der Waals surface area contributed by atoms with Gasteiger partial charge in [-0.25, -0.2) is 9.78 Å². The van der Waals surface area contributed by atoms with E-state index < -0.39 is 49.3 Å². The second-order valence-electron chi connectivity index (χ2n) is 13.2. The zero-order valence-electron chi connectivity index (χ0n) is 27.5. The summed E-state index contributed by atoms with van der Waals surface area (Å²) in [5, 5.41) is 56.1. The molecule has 0 saturated carbocycles. The molecule has 6 rings (SSSR count). The average Bonchev–Trinajstić information content (AvgIpc) is 3.81. The van der Waals surface area contributed by atoms with Gasteiger partial charge in [-0.2, -0.15) is 0 Å². The van der Waals surface area contributed by atoms with Gasteiger partial charge in [-0.05, 0) is 51.4 Å². The fourth-order valence-electron chi connectivity index (χ4n) is 6.93. The molecule has 7 N–H and O–H groups in total. The van der Waals surface area contributed by atoms with Gasteiger partial charge < -0.3 is 50.2 Å². The number of hydrogen-bond acceptors (Lipinski definition) is 14. The smallest absolute Gasteiger partial charge is 0.220 e. The lowest BCUT2D eigenvalue weighted by Crippen LogP contribution is -2.55. The van der Waals surface area contributed by atoms with Gasteiger partial charge in [-0.15, -0.1) is 0 Å². The summed E-state index contributed by atoms with van der Waals surface area (Å²) in [6.07, 6.45) is -0.0409. The Morgan fingerprint density at radius 1 is 1.14 bits per heavy atom. The molecule has 15 nitrogen and oxygen atoms in total. The molecule has 0 spiro atoms. The van der Waals surface area contributed by atoms with Crippen LogP contribution in [0.15, 0.2) is 49.9 Å². The number of aliphatic hydroxyl groups is 5. The Balaban J connectivity index is 1.38. The minimum absolute atomic E-state index is 0.00916. The summed E-state index contributed by atoms with van der Waals surface area (Å²) < 4.78 is 13.3. The Labute approximate surface area is 282 Å². The molecule has 0 bridgehead atoms. The van der Waals surface area contributed by atoms with E-state index in [1.165, 1.54) is 6.07 Å². The van der Waals surface area contributed by atoms with Gasteiger partial charge in [0.25, 0.3) is 0 Å². The van der Waals surface area contributed by atoms with E-state index in [2.05, 4.69) is 15.6 Å². The Morgan fingerprint density at radius 3 is 2.65 bits per heavy atom. The van der Waals surface area contributed by atoms with Gasteiger partial charge in [0.05, 0.1) is 24.2 Å². The van der Waals surface area contributed by atoms with E-state index in [0.717, 1.165) is 11.3 Å². The number of aliphatic imine (C=N–C) groups is 1. The quantitative estimate of drug-likeness (QED) is 0.0951. The molecule has 7 unspecified atom stereocenters. The molecular formula is C34H44N4O11. The fourth-order valence-corrected chi connectivity index (χ4v) is 6.93. The van der Waals surface area contributed by atoms with Crippen LogP contribution in [-0.4, -0.2) is 114 Å². The number of allylic oxidation sites excluding steroid dienone is 1. The molecule has 1 fully saturated rings. The number of amides is 1. The van der Waals surface area contributed by atoms with Crippen LogP contribution in [0.1, 0.15) is 37.0 Å². The van der Waals surface area contributed by atoms with Crippen molar-refractivity contribution in [3.8, 4) is 5.75 Å². The Hall–Kier alpha value is -3.67. The summed E-state index contributed by atoms with van der Waals surface area (Å²) in [7, 11) is 1.82. The van der Waals surface area contributed by atoms with Gasteiger partial charge >= 0.3 is 0 Å². The number of ether oxygens (including phenoxy) is 1. The number of benzene rings is 1. The van der Waals surface area contributed by atoms with Crippen LogP contribution in [0.25, 0.3) is 11.0 Å². The van der Waals surface area contributed by atoms with Crippen molar-refractivity contribution in [3.63, 3.8) is 0 Å². The van der Waals surface area contributed by atoms with Crippen molar-refractivity contribution in [3.05, 3.63) is 57.2 Å². The summed E-state index contributed by atoms with van der Waals surface area (Å²) in [4.78, 5) is 43.3. The van der Waals surface area contributed by atoms with Crippen molar-refractivity contribution in [2.24, 2.45) is 10.9 Å². The van der Waals surface area contributed by atoms with Crippen molar-refractivity contribution in [2.75, 3.05) is 44.8 Å². The van der Waals surface area contributed by atoms with E-state index in [9.17, 15) is 30.0 Å². The number of nitrogens with one attached hydrogen (secondary N) is 2. The number of rotatable bonds is 15. The van der Waals surface area contributed by atoms with Gasteiger partial charge in [-0.3, -0.25) is 14.6 Å². The zero-order valence-corrected chi connectivity index (χ0v) is 27.5. The molecule has 1 aromatic carbocycles. The first-order valence-electron chi connectivity index (χ1n) is 16.6. The van der Waals surface area contributed by atoms with E-state index in [0.29, 0.717) is 79.0 Å². The number of nitrogens with zero attached hydrogens (tertiary/aromatic N) is 2. The summed E-state index contributed by atoms with van der Waals surface area (Å²) in [6, 6.07) is 3.18. The molecule has 49 heavy (non-hydrogen) atoms. The molecule has 0 radical (unpaired) electrons. The zero-order chi connectivity index (χ0) is 34.9. The van der Waals surface area contributed by atoms with Gasteiger partial charge in [0.1, 0.15) is 54.2 Å². The van der Waals surface area contributed by atoms with E-state index in [1.54, 1.807) is 19.2 Å². The van der Waals surface area contributed by atoms with Crippen LogP contribution >= 0.6 is 0 Å². The van der Waals surface area contributed by atoms with Crippen LogP contribution in [0.2, 0.25) is 0 Å². The Kier molecular flexibility index (Phi) is 10.5. The van der Waals surface area contributed by atoms with Gasteiger partial charge in [0.2, 0.25) is 5.91 Å². The normalized spacial score (nSPS) is 25.4. The van der Waals surface area contributed by atoms with Crippen LogP contribution in [0, 0.1) is 12.8 Å². The van der Waals surface area contributed by atoms with Crippen LogP contribution in [0.3, 0.4) is 0 Å². The third-order valence-corrected chi connectivity index (χ3v) is 9.75. The van der Waals surface area contributed by atoms with E-state index in [-0.39, 0.29) is 23.7 Å². The monoisotopic (exact) mass is 684 g/mol. The molecule has 0 aliphatic carbocycles. The average molecular weight is 685 g/mol. The van der Waals surface area contributed by atoms with Crippen molar-refractivity contribution in [2.45, 2.75) is 75.1 Å². The maximum atomic E-state index is 13.3. The highest BCUT2D eigenvalue weighted by Gasteiger charge is 2.49. The topological polar surface area (TPSA) is 216 Å². The molecule has 1 aromatic heterocycles. The number of hydrogen-bond donors (Lipinski definition) is 7. The van der Waals surface area contributed by atoms with E-state index in [1.807, 2.05) is 24.2 Å². The van der Waals surface area contributed by atoms with Crippen molar-refractivity contribution in [1.29, 1.82) is 0 Å². The third kappa shape index (κ3) is 7.16. The first kappa shape index (κ1) is 35.2. The first-order valence-corrected chi connectivity index (χ1v) is 16.6. The van der Waals surface area contributed by atoms with E-state index >= 15 is 0 Å². The fraction of sp³-hybridized carbons (Fsp3) is 0.559. The highest BCUT2D eigenvalue weighted by atomic mass is 17.2. The standard InChI is InChI=1S/C34H44N4O11/c1-18-9-24(40)22-11-21-12-27(49-46-17-26(42)31(45)30(44)25(41)16-39)34(6-8-35-2,5-3-19-10-28(43)37-13-19)48-32(21)29(33(22)47-18)38-14-20-4-7-36-23(20)15-38/h4,7,9,11,15,19,25-27,30-31,35,39,41-42,44-45H,3,5-6,8,10,12-14,16-17H2,1-2H3,(H,37,43). The summed E-state index contributed by atoms with van der Waals surface area (Å²) >= 11 is 0. The molecule has 266 valence electrons. The lowest BCUT2D eigenvalue weighted by Gasteiger charge is -2.45. The van der Waals surface area contributed by atoms with Crippen molar-refractivity contribution in [1.82, 2.24) is 10.6 Å². The highest BCUT2D eigenvalue weighted by molar-refractivity contribution is 5.96. The van der Waals surface area contributed by atoms with Crippen LogP contribution in [0.4, 0.5) is 5.69 Å². The molecule has 4 aliphatic rings. The SMILES string of the molecule is CNCCC1(CCC2CNC(=O)C2)Oc2c(cc3c(=O)cc(C)oc3c2N2C=C3N=CC=C3C2)CC1OOCC(O)C(O)C(O)C(O)CO. The first-order chi connectivity index (χ1) is 23.5. The number of carbonyl (C=O) groups is 1. The maximum absolute atomic E-state index is 13.3. The Bertz CT molecular complexity index is 1710. The van der Waals surface area contributed by atoms with Gasteiger partial charge in [0.15, 0.2) is 16.8 Å². The van der Waals surface area contributed by atoms with Crippen LogP contribution in [-0.2, 0) is 21.0 Å². The molecule has 15 heteroatoms.